The number of benzene rings is 1. The number of aryl methyl sites for hydroxylation is 1. The number of ether oxygens (including phenoxy) is 1. The van der Waals surface area contributed by atoms with Gasteiger partial charge in [-0.15, -0.1) is 0 Å². The Morgan fingerprint density at radius 3 is 2.32 bits per heavy atom. The zero-order valence-electron chi connectivity index (χ0n) is 12.4. The molecule has 0 fully saturated rings. The number of hydrogen-bond donors (Lipinski definition) is 2. The minimum absolute atomic E-state index is 0.586. The van der Waals surface area contributed by atoms with Crippen LogP contribution in [0.2, 0.25) is 0 Å². The molecule has 0 bridgehead atoms. The van der Waals surface area contributed by atoms with E-state index in [1.54, 1.807) is 0 Å². The summed E-state index contributed by atoms with van der Waals surface area (Å²) in [7, 11) is 0. The van der Waals surface area contributed by atoms with Crippen LogP contribution in [-0.4, -0.2) is 29.0 Å². The summed E-state index contributed by atoms with van der Waals surface area (Å²) in [4.78, 5) is 0. The number of aliphatic hydroxyl groups excluding tert-OH is 2. The minimum atomic E-state index is -0.642. The van der Waals surface area contributed by atoms with Gasteiger partial charge in [0, 0.05) is 0 Å². The predicted molar refractivity (Wildman–Crippen MR) is 77.7 cm³/mol. The van der Waals surface area contributed by atoms with Crippen molar-refractivity contribution in [2.24, 2.45) is 0 Å². The van der Waals surface area contributed by atoms with Crippen molar-refractivity contribution in [2.75, 3.05) is 6.61 Å². The van der Waals surface area contributed by atoms with Gasteiger partial charge in [0.05, 0.1) is 18.8 Å². The van der Waals surface area contributed by atoms with Crippen molar-refractivity contribution in [3.8, 4) is 5.75 Å². The van der Waals surface area contributed by atoms with E-state index in [2.05, 4.69) is 19.9 Å². The van der Waals surface area contributed by atoms with Crippen molar-refractivity contribution in [2.45, 2.75) is 59.2 Å². The van der Waals surface area contributed by atoms with Gasteiger partial charge in [0.15, 0.2) is 0 Å². The average Bonchev–Trinajstić information content (AvgIpc) is 2.42. The van der Waals surface area contributed by atoms with E-state index in [9.17, 15) is 10.2 Å². The van der Waals surface area contributed by atoms with Crippen LogP contribution in [0.3, 0.4) is 0 Å². The lowest BCUT2D eigenvalue weighted by molar-refractivity contribution is 0.0130. The average molecular weight is 266 g/mol. The van der Waals surface area contributed by atoms with E-state index < -0.39 is 12.2 Å². The molecule has 2 N–H and O–H groups in total. The van der Waals surface area contributed by atoms with Crippen LogP contribution in [0.15, 0.2) is 12.1 Å². The highest BCUT2D eigenvalue weighted by Gasteiger charge is 2.15. The number of rotatable bonds is 7. The lowest BCUT2D eigenvalue weighted by Gasteiger charge is -2.18. The maximum absolute atomic E-state index is 9.80. The number of aliphatic hydroxyl groups is 2. The first-order valence-corrected chi connectivity index (χ1v) is 7.09. The maximum atomic E-state index is 9.80. The van der Waals surface area contributed by atoms with Gasteiger partial charge < -0.3 is 14.9 Å². The molecule has 1 aromatic carbocycles. The molecule has 2 atom stereocenters. The Kier molecular flexibility index (Phi) is 6.32. The van der Waals surface area contributed by atoms with Crippen LogP contribution in [0.4, 0.5) is 0 Å². The van der Waals surface area contributed by atoms with Gasteiger partial charge in [-0.3, -0.25) is 0 Å². The molecule has 0 aliphatic rings. The Hall–Kier alpha value is -1.06. The summed E-state index contributed by atoms with van der Waals surface area (Å²) in [5.74, 6) is 0.929. The third kappa shape index (κ3) is 4.22. The predicted octanol–water partition coefficient (Wildman–Crippen LogP) is 2.77. The molecule has 0 amide bonds. The molecule has 108 valence electrons. The summed E-state index contributed by atoms with van der Waals surface area (Å²) in [6, 6.07) is 4.04. The molecule has 0 spiro atoms. The molecule has 3 nitrogen and oxygen atoms in total. The van der Waals surface area contributed by atoms with Crippen molar-refractivity contribution in [1.29, 1.82) is 0 Å². The highest BCUT2D eigenvalue weighted by atomic mass is 16.5. The normalized spacial score (nSPS) is 14.2. The van der Waals surface area contributed by atoms with Crippen LogP contribution in [0.5, 0.6) is 5.75 Å². The Morgan fingerprint density at radius 1 is 1.05 bits per heavy atom. The summed E-state index contributed by atoms with van der Waals surface area (Å²) in [5, 5.41) is 19.4. The second-order valence-corrected chi connectivity index (χ2v) is 4.99. The zero-order chi connectivity index (χ0) is 14.4. The molecule has 0 radical (unpaired) electrons. The molecule has 1 aromatic rings. The maximum Gasteiger partial charge on any atom is 0.122 e. The Labute approximate surface area is 116 Å². The van der Waals surface area contributed by atoms with Crippen molar-refractivity contribution in [3.63, 3.8) is 0 Å². The largest absolute Gasteiger partial charge is 0.494 e. The number of hydrogen-bond acceptors (Lipinski definition) is 3. The quantitative estimate of drug-likeness (QED) is 0.798. The minimum Gasteiger partial charge on any atom is -0.494 e. The molecule has 0 aromatic heterocycles. The van der Waals surface area contributed by atoms with Gasteiger partial charge in [0.25, 0.3) is 0 Å². The van der Waals surface area contributed by atoms with Gasteiger partial charge in [-0.25, -0.2) is 0 Å². The Morgan fingerprint density at radius 2 is 1.74 bits per heavy atom. The van der Waals surface area contributed by atoms with Crippen molar-refractivity contribution in [1.82, 2.24) is 0 Å². The van der Waals surface area contributed by atoms with Crippen LogP contribution in [0.25, 0.3) is 0 Å². The van der Waals surface area contributed by atoms with Gasteiger partial charge in [-0.2, -0.15) is 0 Å². The van der Waals surface area contributed by atoms with Gasteiger partial charge in [-0.1, -0.05) is 13.0 Å². The summed E-state index contributed by atoms with van der Waals surface area (Å²) < 4.78 is 5.56. The fourth-order valence-electron chi connectivity index (χ4n) is 2.20. The van der Waals surface area contributed by atoms with Gasteiger partial charge in [0.1, 0.15) is 5.75 Å². The third-order valence-electron chi connectivity index (χ3n) is 3.72. The molecule has 2 unspecified atom stereocenters. The topological polar surface area (TPSA) is 49.7 Å². The highest BCUT2D eigenvalue weighted by molar-refractivity contribution is 5.43. The van der Waals surface area contributed by atoms with Crippen LogP contribution in [0, 0.1) is 13.8 Å². The summed E-state index contributed by atoms with van der Waals surface area (Å²) in [6.07, 6.45) is 0.684. The first-order chi connectivity index (χ1) is 9.01. The van der Waals surface area contributed by atoms with Crippen LogP contribution >= 0.6 is 0 Å². The lowest BCUT2D eigenvalue weighted by atomic mass is 9.96. The summed E-state index contributed by atoms with van der Waals surface area (Å²) in [5.41, 5.74) is 3.58. The fraction of sp³-hybridized carbons (Fsp3) is 0.625. The first-order valence-electron chi connectivity index (χ1n) is 7.09. The summed E-state index contributed by atoms with van der Waals surface area (Å²) in [6.45, 7) is 8.66. The van der Waals surface area contributed by atoms with Crippen molar-refractivity contribution < 1.29 is 14.9 Å². The third-order valence-corrected chi connectivity index (χ3v) is 3.72. The standard InChI is InChI=1S/C16H26O3/c1-5-14(17)15(18)9-7-13-8-10-16(19-6-2)12(4)11(13)3/h8,10,14-15,17-18H,5-7,9H2,1-4H3. The molecule has 0 saturated heterocycles. The molecular weight excluding hydrogens is 240 g/mol. The van der Waals surface area contributed by atoms with E-state index in [0.29, 0.717) is 19.4 Å². The van der Waals surface area contributed by atoms with E-state index in [4.69, 9.17) is 4.74 Å². The molecule has 0 aliphatic heterocycles. The van der Waals surface area contributed by atoms with E-state index in [1.165, 1.54) is 11.1 Å². The van der Waals surface area contributed by atoms with E-state index in [0.717, 1.165) is 17.7 Å². The van der Waals surface area contributed by atoms with Gasteiger partial charge in [-0.05, 0) is 62.8 Å². The second kappa shape index (κ2) is 7.51. The fourth-order valence-corrected chi connectivity index (χ4v) is 2.20. The lowest BCUT2D eigenvalue weighted by Crippen LogP contribution is -2.25. The smallest absolute Gasteiger partial charge is 0.122 e. The molecular formula is C16H26O3. The van der Waals surface area contributed by atoms with E-state index in [-0.39, 0.29) is 0 Å². The van der Waals surface area contributed by atoms with E-state index >= 15 is 0 Å². The zero-order valence-corrected chi connectivity index (χ0v) is 12.4. The van der Waals surface area contributed by atoms with Gasteiger partial charge >= 0.3 is 0 Å². The van der Waals surface area contributed by atoms with Crippen LogP contribution in [0.1, 0.15) is 43.4 Å². The molecule has 0 aliphatic carbocycles. The SMILES string of the molecule is CCOc1ccc(CCC(O)C(O)CC)c(C)c1C. The van der Waals surface area contributed by atoms with Gasteiger partial charge in [0.2, 0.25) is 0 Å². The highest BCUT2D eigenvalue weighted by Crippen LogP contribution is 2.25. The van der Waals surface area contributed by atoms with Crippen molar-refractivity contribution >= 4 is 0 Å². The molecule has 0 saturated carbocycles. The van der Waals surface area contributed by atoms with Crippen LogP contribution < -0.4 is 4.74 Å². The Bertz CT molecular complexity index is 401. The van der Waals surface area contributed by atoms with Crippen molar-refractivity contribution in [3.05, 3.63) is 28.8 Å². The molecule has 1 rings (SSSR count). The molecule has 19 heavy (non-hydrogen) atoms. The van der Waals surface area contributed by atoms with Crippen LogP contribution in [-0.2, 0) is 6.42 Å². The monoisotopic (exact) mass is 266 g/mol. The van der Waals surface area contributed by atoms with E-state index in [1.807, 2.05) is 19.9 Å². The second-order valence-electron chi connectivity index (χ2n) is 4.99. The summed E-state index contributed by atoms with van der Waals surface area (Å²) >= 11 is 0. The first kappa shape index (κ1) is 16.0. The Balaban J connectivity index is 2.72. The molecule has 0 heterocycles. The molecule has 3 heteroatoms.